The van der Waals surface area contributed by atoms with Crippen molar-refractivity contribution in [2.24, 2.45) is 0 Å². The number of nitriles is 1. The van der Waals surface area contributed by atoms with E-state index >= 15 is 0 Å². The van der Waals surface area contributed by atoms with Crippen LogP contribution < -0.4 is 5.32 Å². The molecular weight excluding hydrogens is 511 g/mol. The van der Waals surface area contributed by atoms with Gasteiger partial charge in [0.2, 0.25) is 12.2 Å². The first-order valence-corrected chi connectivity index (χ1v) is 10.9. The molecule has 0 aliphatic heterocycles. The predicted molar refractivity (Wildman–Crippen MR) is 129 cm³/mol. The number of carbonyl (C=O) groups excluding carboxylic acids is 3. The van der Waals surface area contributed by atoms with Gasteiger partial charge < -0.3 is 19.9 Å². The molecule has 0 heterocycles. The molecule has 0 saturated heterocycles. The van der Waals surface area contributed by atoms with Crippen molar-refractivity contribution in [1.29, 1.82) is 5.26 Å². The van der Waals surface area contributed by atoms with E-state index in [1.807, 2.05) is 6.07 Å². The number of amides is 1. The number of carbonyl (C=O) groups is 4. The number of nitrogens with one attached hydrogen (secondary N) is 1. The maximum atomic E-state index is 13.1. The van der Waals surface area contributed by atoms with Crippen molar-refractivity contribution >= 4 is 52.7 Å². The van der Waals surface area contributed by atoms with Crippen molar-refractivity contribution in [3.63, 3.8) is 0 Å². The molecule has 0 spiro atoms. The fourth-order valence-electron chi connectivity index (χ4n) is 2.95. The summed E-state index contributed by atoms with van der Waals surface area (Å²) in [6.45, 7) is 0. The zero-order chi connectivity index (χ0) is 26.2. The maximum Gasteiger partial charge on any atom is 0.349 e. The molecule has 3 rings (SSSR count). The third-order valence-electron chi connectivity index (χ3n) is 4.71. The monoisotopic (exact) mass is 526 g/mol. The summed E-state index contributed by atoms with van der Waals surface area (Å²) in [5, 5.41) is 21.1. The van der Waals surface area contributed by atoms with Crippen LogP contribution in [-0.4, -0.2) is 41.1 Å². The van der Waals surface area contributed by atoms with Crippen LogP contribution in [-0.2, 0) is 19.1 Å². The van der Waals surface area contributed by atoms with Gasteiger partial charge in [0.05, 0.1) is 32.8 Å². The molecule has 0 fully saturated rings. The minimum Gasteiger partial charge on any atom is -0.478 e. The van der Waals surface area contributed by atoms with Crippen molar-refractivity contribution in [3.05, 3.63) is 99.5 Å². The number of hydrogen-bond donors (Lipinski definition) is 2. The van der Waals surface area contributed by atoms with Crippen molar-refractivity contribution < 1.29 is 33.8 Å². The largest absolute Gasteiger partial charge is 0.478 e. The highest BCUT2D eigenvalue weighted by Gasteiger charge is 2.41. The number of esters is 2. The molecule has 36 heavy (non-hydrogen) atoms. The molecule has 9 nitrogen and oxygen atoms in total. The van der Waals surface area contributed by atoms with Crippen molar-refractivity contribution in [1.82, 2.24) is 0 Å². The summed E-state index contributed by atoms with van der Waals surface area (Å²) >= 11 is 12.0. The Bertz CT molecular complexity index is 1350. The van der Waals surface area contributed by atoms with Gasteiger partial charge in [0, 0.05) is 5.69 Å². The second-order valence-corrected chi connectivity index (χ2v) is 7.94. The lowest BCUT2D eigenvalue weighted by Gasteiger charge is -2.24. The molecule has 0 unspecified atom stereocenters. The van der Waals surface area contributed by atoms with Gasteiger partial charge in [-0.25, -0.2) is 14.4 Å². The second kappa shape index (κ2) is 11.8. The van der Waals surface area contributed by atoms with Gasteiger partial charge in [-0.1, -0.05) is 47.5 Å². The summed E-state index contributed by atoms with van der Waals surface area (Å²) < 4.78 is 10.3. The average molecular weight is 527 g/mol. The summed E-state index contributed by atoms with van der Waals surface area (Å²) in [6.07, 6.45) is -4.38. The smallest absolute Gasteiger partial charge is 0.349 e. The molecule has 0 aliphatic carbocycles. The number of nitrogens with zero attached hydrogens (tertiary/aromatic N) is 1. The Morgan fingerprint density at radius 2 is 1.25 bits per heavy atom. The number of ether oxygens (including phenoxy) is 2. The summed E-state index contributed by atoms with van der Waals surface area (Å²) in [7, 11) is 0. The SMILES string of the molecule is N#Cc1ccc(NC(=O)[C@H](OC(=O)c2ccccc2Cl)[C@H](OC(=O)c2ccccc2Cl)C(=O)O)cc1. The van der Waals surface area contributed by atoms with Gasteiger partial charge in [-0.05, 0) is 48.5 Å². The lowest BCUT2D eigenvalue weighted by molar-refractivity contribution is -0.157. The molecule has 0 aliphatic rings. The van der Waals surface area contributed by atoms with Crippen LogP contribution in [0, 0.1) is 11.3 Å². The third kappa shape index (κ3) is 6.39. The first kappa shape index (κ1) is 26.2. The van der Waals surface area contributed by atoms with E-state index in [0.29, 0.717) is 5.56 Å². The number of halogens is 2. The minimum absolute atomic E-state index is 0.00584. The fourth-order valence-corrected chi connectivity index (χ4v) is 3.37. The standard InChI is InChI=1S/C25H16Cl2N2O7/c26-18-7-3-1-5-16(18)24(33)35-20(22(30)29-15-11-9-14(13-28)10-12-15)21(23(31)32)36-25(34)17-6-2-4-8-19(17)27/h1-12,20-21H,(H,29,30)(H,31,32)/t20-,21+/m1/s1. The highest BCUT2D eigenvalue weighted by Crippen LogP contribution is 2.21. The van der Waals surface area contributed by atoms with E-state index in [1.165, 1.54) is 60.7 Å². The van der Waals surface area contributed by atoms with Crippen LogP contribution in [0.5, 0.6) is 0 Å². The van der Waals surface area contributed by atoms with Crippen LogP contribution in [0.25, 0.3) is 0 Å². The van der Waals surface area contributed by atoms with E-state index in [4.69, 9.17) is 37.9 Å². The van der Waals surface area contributed by atoms with Gasteiger partial charge in [0.1, 0.15) is 0 Å². The van der Waals surface area contributed by atoms with Crippen LogP contribution in [0.2, 0.25) is 10.0 Å². The molecular formula is C25H16Cl2N2O7. The molecule has 11 heteroatoms. The van der Waals surface area contributed by atoms with E-state index < -0.39 is 36.0 Å². The van der Waals surface area contributed by atoms with Gasteiger partial charge in [0.15, 0.2) is 0 Å². The average Bonchev–Trinajstić information content (AvgIpc) is 2.86. The molecule has 0 aromatic heterocycles. The summed E-state index contributed by atoms with van der Waals surface area (Å²) in [5.41, 5.74) is 0.178. The van der Waals surface area contributed by atoms with Crippen molar-refractivity contribution in [2.45, 2.75) is 12.2 Å². The lowest BCUT2D eigenvalue weighted by atomic mass is 10.1. The summed E-state index contributed by atoms with van der Waals surface area (Å²) in [6, 6.07) is 19.0. The Hall–Kier alpha value is -4.39. The Morgan fingerprint density at radius 3 is 1.69 bits per heavy atom. The van der Waals surface area contributed by atoms with E-state index in [9.17, 15) is 24.3 Å². The van der Waals surface area contributed by atoms with Crippen molar-refractivity contribution in [2.75, 3.05) is 5.32 Å². The molecule has 3 aromatic carbocycles. The zero-order valence-corrected chi connectivity index (χ0v) is 19.7. The fraction of sp³-hybridized carbons (Fsp3) is 0.0800. The third-order valence-corrected chi connectivity index (χ3v) is 5.37. The quantitative estimate of drug-likeness (QED) is 0.412. The molecule has 2 atom stereocenters. The van der Waals surface area contributed by atoms with E-state index in [0.717, 1.165) is 0 Å². The normalized spacial score (nSPS) is 11.9. The van der Waals surface area contributed by atoms with E-state index in [1.54, 1.807) is 12.1 Å². The first-order chi connectivity index (χ1) is 17.2. The number of carboxylic acids is 1. The Morgan fingerprint density at radius 1 is 0.778 bits per heavy atom. The predicted octanol–water partition coefficient (Wildman–Crippen LogP) is 4.34. The molecule has 0 bridgehead atoms. The van der Waals surface area contributed by atoms with Gasteiger partial charge in [-0.2, -0.15) is 5.26 Å². The topological polar surface area (TPSA) is 143 Å². The lowest BCUT2D eigenvalue weighted by Crippen LogP contribution is -2.48. The number of aliphatic carboxylic acids is 1. The molecule has 1 amide bonds. The zero-order valence-electron chi connectivity index (χ0n) is 18.2. The number of carboxylic acid groups (broad SMARTS) is 1. The highest BCUT2D eigenvalue weighted by molar-refractivity contribution is 6.34. The van der Waals surface area contributed by atoms with Crippen LogP contribution in [0.15, 0.2) is 72.8 Å². The summed E-state index contributed by atoms with van der Waals surface area (Å²) in [5.74, 6) is -5.15. The summed E-state index contributed by atoms with van der Waals surface area (Å²) in [4.78, 5) is 50.6. The van der Waals surface area contributed by atoms with Gasteiger partial charge >= 0.3 is 17.9 Å². The van der Waals surface area contributed by atoms with Crippen LogP contribution >= 0.6 is 23.2 Å². The minimum atomic E-state index is -2.25. The molecule has 182 valence electrons. The Balaban J connectivity index is 1.94. The highest BCUT2D eigenvalue weighted by atomic mass is 35.5. The molecule has 3 aromatic rings. The van der Waals surface area contributed by atoms with Crippen LogP contribution in [0.3, 0.4) is 0 Å². The van der Waals surface area contributed by atoms with Crippen LogP contribution in [0.1, 0.15) is 26.3 Å². The second-order valence-electron chi connectivity index (χ2n) is 7.13. The number of hydrogen-bond acceptors (Lipinski definition) is 7. The molecule has 0 radical (unpaired) electrons. The first-order valence-electron chi connectivity index (χ1n) is 10.2. The number of anilines is 1. The Kier molecular flexibility index (Phi) is 8.62. The van der Waals surface area contributed by atoms with E-state index in [2.05, 4.69) is 5.32 Å². The van der Waals surface area contributed by atoms with Gasteiger partial charge in [0.25, 0.3) is 5.91 Å². The van der Waals surface area contributed by atoms with Gasteiger partial charge in [-0.3, -0.25) is 4.79 Å². The number of benzene rings is 3. The number of rotatable bonds is 8. The van der Waals surface area contributed by atoms with E-state index in [-0.39, 0.29) is 26.9 Å². The molecule has 0 saturated carbocycles. The van der Waals surface area contributed by atoms with Gasteiger partial charge in [-0.15, -0.1) is 0 Å². The Labute approximate surface area is 214 Å². The van der Waals surface area contributed by atoms with Crippen molar-refractivity contribution in [3.8, 4) is 6.07 Å². The van der Waals surface area contributed by atoms with Crippen LogP contribution in [0.4, 0.5) is 5.69 Å². The maximum absolute atomic E-state index is 13.1. The molecule has 2 N–H and O–H groups in total.